The van der Waals surface area contributed by atoms with Gasteiger partial charge in [-0.2, -0.15) is 13.2 Å². The fraction of sp³-hybridized carbons (Fsp3) is 0.667. The second-order valence-electron chi connectivity index (χ2n) is 5.73. The summed E-state index contributed by atoms with van der Waals surface area (Å²) in [7, 11) is 1.35. The lowest BCUT2D eigenvalue weighted by Gasteiger charge is -2.27. The highest BCUT2D eigenvalue weighted by molar-refractivity contribution is 5.72. The molecule has 1 aromatic heterocycles. The van der Waals surface area contributed by atoms with Crippen LogP contribution >= 0.6 is 0 Å². The smallest absolute Gasteiger partial charge is 0.433 e. The van der Waals surface area contributed by atoms with Crippen molar-refractivity contribution in [3.8, 4) is 0 Å². The number of alkyl halides is 3. The number of methoxy groups -OCH3 is 1. The quantitative estimate of drug-likeness (QED) is 0.803. The monoisotopic (exact) mass is 316 g/mol. The minimum absolute atomic E-state index is 0.116. The van der Waals surface area contributed by atoms with E-state index in [0.29, 0.717) is 32.1 Å². The van der Waals surface area contributed by atoms with Gasteiger partial charge in [-0.1, -0.05) is 0 Å². The van der Waals surface area contributed by atoms with Crippen LogP contribution in [0.2, 0.25) is 0 Å². The molecule has 0 atom stereocenters. The molecule has 0 N–H and O–H groups in total. The zero-order chi connectivity index (χ0) is 16.3. The molecule has 0 saturated heterocycles. The minimum atomic E-state index is -4.47. The number of carbonyl (C=O) groups excluding carboxylic acids is 1. The Balaban J connectivity index is 2.05. The summed E-state index contributed by atoms with van der Waals surface area (Å²) >= 11 is 0. The number of aromatic nitrogens is 2. The van der Waals surface area contributed by atoms with Crippen molar-refractivity contribution in [3.05, 3.63) is 23.3 Å². The first-order valence-corrected chi connectivity index (χ1v) is 7.28. The van der Waals surface area contributed by atoms with E-state index in [1.165, 1.54) is 20.2 Å². The molecule has 1 fully saturated rings. The molecule has 22 heavy (non-hydrogen) atoms. The zero-order valence-corrected chi connectivity index (χ0v) is 12.6. The van der Waals surface area contributed by atoms with Crippen LogP contribution in [-0.4, -0.2) is 23.0 Å². The van der Waals surface area contributed by atoms with Crippen LogP contribution in [0.3, 0.4) is 0 Å². The molecule has 122 valence electrons. The Morgan fingerprint density at radius 1 is 1.32 bits per heavy atom. The van der Waals surface area contributed by atoms with Gasteiger partial charge in [0.05, 0.1) is 13.0 Å². The van der Waals surface area contributed by atoms with Gasteiger partial charge in [0.25, 0.3) is 0 Å². The fourth-order valence-corrected chi connectivity index (χ4v) is 2.97. The van der Waals surface area contributed by atoms with Crippen molar-refractivity contribution in [1.29, 1.82) is 0 Å². The molecule has 1 aliphatic carbocycles. The number of halogens is 3. The predicted molar refractivity (Wildman–Crippen MR) is 72.9 cm³/mol. The average molecular weight is 316 g/mol. The van der Waals surface area contributed by atoms with Crippen LogP contribution in [0.15, 0.2) is 6.20 Å². The van der Waals surface area contributed by atoms with E-state index >= 15 is 0 Å². The molecule has 1 heterocycles. The molecule has 0 bridgehead atoms. The van der Waals surface area contributed by atoms with Crippen molar-refractivity contribution in [2.75, 3.05) is 7.11 Å². The van der Waals surface area contributed by atoms with Gasteiger partial charge >= 0.3 is 12.1 Å². The van der Waals surface area contributed by atoms with Crippen LogP contribution in [-0.2, 0) is 22.1 Å². The Bertz CT molecular complexity index is 538. The average Bonchev–Trinajstić information content (AvgIpc) is 2.48. The Kier molecular flexibility index (Phi) is 5.03. The van der Waals surface area contributed by atoms with E-state index in [1.54, 1.807) is 0 Å². The molecule has 0 radical (unpaired) electrons. The summed E-state index contributed by atoms with van der Waals surface area (Å²) < 4.78 is 43.8. The third kappa shape index (κ3) is 3.96. The summed E-state index contributed by atoms with van der Waals surface area (Å²) in [6.45, 7) is 1.45. The molecule has 7 heteroatoms. The van der Waals surface area contributed by atoms with Crippen molar-refractivity contribution in [3.63, 3.8) is 0 Å². The highest BCUT2D eigenvalue weighted by Crippen LogP contribution is 2.35. The largest absolute Gasteiger partial charge is 0.469 e. The highest BCUT2D eigenvalue weighted by atomic mass is 19.4. The van der Waals surface area contributed by atoms with E-state index in [4.69, 9.17) is 4.74 Å². The molecule has 4 nitrogen and oxygen atoms in total. The third-order valence-corrected chi connectivity index (χ3v) is 4.14. The van der Waals surface area contributed by atoms with E-state index in [0.717, 1.165) is 0 Å². The molecule has 0 amide bonds. The fourth-order valence-electron chi connectivity index (χ4n) is 2.97. The van der Waals surface area contributed by atoms with Gasteiger partial charge in [0.15, 0.2) is 5.69 Å². The summed E-state index contributed by atoms with van der Waals surface area (Å²) in [6, 6.07) is 0. The first kappa shape index (κ1) is 16.7. The van der Waals surface area contributed by atoms with Crippen molar-refractivity contribution < 1.29 is 22.7 Å². The van der Waals surface area contributed by atoms with E-state index in [9.17, 15) is 18.0 Å². The number of nitrogens with zero attached hydrogens (tertiary/aromatic N) is 2. The summed E-state index contributed by atoms with van der Waals surface area (Å²) in [5.74, 6) is -0.121. The lowest BCUT2D eigenvalue weighted by Crippen LogP contribution is -2.24. The lowest BCUT2D eigenvalue weighted by molar-refractivity contribution is -0.146. The molecule has 0 unspecified atom stereocenters. The standard InChI is InChI=1S/C15H19F3N2O2/c1-9-19-8-12(13(20-9)15(16,17)18)7-10-3-5-11(6-4-10)14(21)22-2/h8,10-11H,3-7H2,1-2H3. The molecular formula is C15H19F3N2O2. The van der Waals surface area contributed by atoms with Gasteiger partial charge in [0.1, 0.15) is 5.82 Å². The number of esters is 1. The molecule has 1 saturated carbocycles. The van der Waals surface area contributed by atoms with Crippen molar-refractivity contribution in [2.45, 2.75) is 45.2 Å². The predicted octanol–water partition coefficient (Wildman–Crippen LogP) is 3.33. The number of rotatable bonds is 3. The maximum atomic E-state index is 13.0. The van der Waals surface area contributed by atoms with Crippen LogP contribution < -0.4 is 0 Å². The van der Waals surface area contributed by atoms with Gasteiger partial charge in [0.2, 0.25) is 0 Å². The molecule has 0 aliphatic heterocycles. The maximum absolute atomic E-state index is 13.0. The second kappa shape index (κ2) is 6.62. The van der Waals surface area contributed by atoms with E-state index in [1.807, 2.05) is 0 Å². The Labute approximate surface area is 127 Å². The number of hydrogen-bond donors (Lipinski definition) is 0. The SMILES string of the molecule is COC(=O)C1CCC(Cc2cnc(C)nc2C(F)(F)F)CC1. The van der Waals surface area contributed by atoms with E-state index in [-0.39, 0.29) is 29.2 Å². The summed E-state index contributed by atoms with van der Waals surface area (Å²) in [5, 5.41) is 0. The number of aryl methyl sites for hydroxylation is 1. The van der Waals surface area contributed by atoms with Gasteiger partial charge in [-0.05, 0) is 44.9 Å². The molecule has 1 aliphatic rings. The maximum Gasteiger partial charge on any atom is 0.433 e. The van der Waals surface area contributed by atoms with Gasteiger partial charge in [-0.3, -0.25) is 4.79 Å². The summed E-state index contributed by atoms with van der Waals surface area (Å²) in [4.78, 5) is 18.9. The highest BCUT2D eigenvalue weighted by Gasteiger charge is 2.37. The van der Waals surface area contributed by atoms with Crippen LogP contribution in [0.5, 0.6) is 0 Å². The third-order valence-electron chi connectivity index (χ3n) is 4.14. The van der Waals surface area contributed by atoms with Crippen LogP contribution in [0.25, 0.3) is 0 Å². The van der Waals surface area contributed by atoms with Crippen molar-refractivity contribution in [2.24, 2.45) is 11.8 Å². The first-order valence-electron chi connectivity index (χ1n) is 7.28. The van der Waals surface area contributed by atoms with E-state index in [2.05, 4.69) is 9.97 Å². The van der Waals surface area contributed by atoms with Crippen molar-refractivity contribution >= 4 is 5.97 Å². The van der Waals surface area contributed by atoms with Crippen LogP contribution in [0.4, 0.5) is 13.2 Å². The molecular weight excluding hydrogens is 297 g/mol. The van der Waals surface area contributed by atoms with Gasteiger partial charge < -0.3 is 4.74 Å². The Morgan fingerprint density at radius 3 is 2.50 bits per heavy atom. The Hall–Kier alpha value is -1.66. The summed E-state index contributed by atoms with van der Waals surface area (Å²) in [6.07, 6.45) is -0.153. The molecule has 0 aromatic carbocycles. The van der Waals surface area contributed by atoms with Crippen LogP contribution in [0.1, 0.15) is 42.8 Å². The van der Waals surface area contributed by atoms with Gasteiger partial charge in [-0.15, -0.1) is 0 Å². The number of carbonyl (C=O) groups is 1. The molecule has 1 aromatic rings. The minimum Gasteiger partial charge on any atom is -0.469 e. The number of hydrogen-bond acceptors (Lipinski definition) is 4. The Morgan fingerprint density at radius 2 is 1.95 bits per heavy atom. The van der Waals surface area contributed by atoms with E-state index < -0.39 is 11.9 Å². The molecule has 0 spiro atoms. The summed E-state index contributed by atoms with van der Waals surface area (Å²) in [5.41, 5.74) is -0.699. The number of ether oxygens (including phenoxy) is 1. The van der Waals surface area contributed by atoms with Gasteiger partial charge in [0, 0.05) is 11.8 Å². The molecule has 2 rings (SSSR count). The second-order valence-corrected chi connectivity index (χ2v) is 5.73. The lowest BCUT2D eigenvalue weighted by atomic mass is 9.79. The topological polar surface area (TPSA) is 52.1 Å². The first-order chi connectivity index (χ1) is 10.3. The van der Waals surface area contributed by atoms with Gasteiger partial charge in [-0.25, -0.2) is 9.97 Å². The zero-order valence-electron chi connectivity index (χ0n) is 12.6. The normalized spacial score (nSPS) is 22.4. The van der Waals surface area contributed by atoms with Crippen molar-refractivity contribution in [1.82, 2.24) is 9.97 Å². The van der Waals surface area contributed by atoms with Crippen LogP contribution in [0, 0.1) is 18.8 Å².